The molecule has 20 heavy (non-hydrogen) atoms. The molecule has 3 heterocycles. The molecule has 0 aliphatic carbocycles. The van der Waals surface area contributed by atoms with Crippen molar-refractivity contribution in [2.24, 2.45) is 7.05 Å². The van der Waals surface area contributed by atoms with Crippen molar-refractivity contribution < 1.29 is 4.42 Å². The molecule has 0 bridgehead atoms. The molecule has 0 aliphatic heterocycles. The lowest BCUT2D eigenvalue weighted by molar-refractivity contribution is 0.615. The van der Waals surface area contributed by atoms with E-state index in [9.17, 15) is 0 Å². The van der Waals surface area contributed by atoms with Crippen LogP contribution in [-0.4, -0.2) is 14.5 Å². The van der Waals surface area contributed by atoms with Gasteiger partial charge < -0.3 is 8.98 Å². The number of fused-ring (bicyclic) bond motifs is 2. The molecule has 98 valence electrons. The van der Waals surface area contributed by atoms with Gasteiger partial charge in [-0.1, -0.05) is 18.2 Å². The highest BCUT2D eigenvalue weighted by molar-refractivity contribution is 6.28. The lowest BCUT2D eigenvalue weighted by Gasteiger charge is -2.00. The number of nitrogens with zero attached hydrogens (tertiary/aromatic N) is 3. The minimum Gasteiger partial charge on any atom is -0.460 e. The zero-order valence-corrected chi connectivity index (χ0v) is 11.4. The summed E-state index contributed by atoms with van der Waals surface area (Å²) in [5.41, 5.74) is 4.23. The largest absolute Gasteiger partial charge is 0.460 e. The number of aryl methyl sites for hydroxylation is 1. The van der Waals surface area contributed by atoms with Crippen LogP contribution in [0.2, 0.25) is 5.28 Å². The number of furan rings is 1. The molecular weight excluding hydrogens is 274 g/mol. The molecule has 0 radical (unpaired) electrons. The molecule has 0 saturated heterocycles. The minimum atomic E-state index is 0.224. The van der Waals surface area contributed by atoms with E-state index in [1.807, 2.05) is 25.4 Å². The van der Waals surface area contributed by atoms with Gasteiger partial charge in [-0.3, -0.25) is 0 Å². The van der Waals surface area contributed by atoms with Gasteiger partial charge in [0, 0.05) is 35.8 Å². The third-order valence-electron chi connectivity index (χ3n) is 3.43. The maximum atomic E-state index is 6.02. The molecule has 0 spiro atoms. The summed E-state index contributed by atoms with van der Waals surface area (Å²) in [6, 6.07) is 9.95. The fourth-order valence-electron chi connectivity index (χ4n) is 2.55. The lowest BCUT2D eigenvalue weighted by atomic mass is 10.1. The normalized spacial score (nSPS) is 11.5. The molecule has 1 aromatic carbocycles. The average molecular weight is 284 g/mol. The lowest BCUT2D eigenvalue weighted by Crippen LogP contribution is -1.88. The molecule has 0 unspecified atom stereocenters. The van der Waals surface area contributed by atoms with Crippen LogP contribution in [-0.2, 0) is 7.05 Å². The summed E-state index contributed by atoms with van der Waals surface area (Å²) in [6.07, 6.45) is 3.63. The molecule has 5 heteroatoms. The second kappa shape index (κ2) is 4.08. The Balaban J connectivity index is 2.14. The van der Waals surface area contributed by atoms with Gasteiger partial charge in [0.15, 0.2) is 5.58 Å². The molecule has 0 fully saturated rings. The first-order valence-corrected chi connectivity index (χ1v) is 6.57. The summed E-state index contributed by atoms with van der Waals surface area (Å²) in [5, 5.41) is 1.34. The third kappa shape index (κ3) is 1.55. The molecule has 0 amide bonds. The number of hydrogen-bond donors (Lipinski definition) is 0. The number of benzene rings is 1. The fraction of sp³-hybridized carbons (Fsp3) is 0.0667. The van der Waals surface area contributed by atoms with Crippen LogP contribution in [0.15, 0.2) is 47.2 Å². The van der Waals surface area contributed by atoms with Crippen molar-refractivity contribution >= 4 is 33.6 Å². The topological polar surface area (TPSA) is 43.9 Å². The van der Waals surface area contributed by atoms with Gasteiger partial charge in [-0.2, -0.15) is 0 Å². The van der Waals surface area contributed by atoms with Crippen molar-refractivity contribution in [3.8, 4) is 11.3 Å². The van der Waals surface area contributed by atoms with Gasteiger partial charge in [0.25, 0.3) is 0 Å². The predicted molar refractivity (Wildman–Crippen MR) is 78.7 cm³/mol. The summed E-state index contributed by atoms with van der Waals surface area (Å²) in [4.78, 5) is 8.52. The van der Waals surface area contributed by atoms with E-state index in [1.165, 1.54) is 0 Å². The molecule has 4 nitrogen and oxygen atoms in total. The Bertz CT molecular complexity index is 939. The smallest absolute Gasteiger partial charge is 0.223 e. The van der Waals surface area contributed by atoms with Crippen LogP contribution in [0.5, 0.6) is 0 Å². The second-order valence-electron chi connectivity index (χ2n) is 4.65. The Morgan fingerprint density at radius 1 is 1.15 bits per heavy atom. The van der Waals surface area contributed by atoms with Gasteiger partial charge in [-0.15, -0.1) is 0 Å². The van der Waals surface area contributed by atoms with Gasteiger partial charge in [0.05, 0.1) is 6.26 Å². The summed E-state index contributed by atoms with van der Waals surface area (Å²) < 4.78 is 7.59. The Hall–Kier alpha value is -2.33. The third-order valence-corrected chi connectivity index (χ3v) is 3.60. The van der Waals surface area contributed by atoms with Crippen molar-refractivity contribution in [2.75, 3.05) is 0 Å². The van der Waals surface area contributed by atoms with Gasteiger partial charge >= 0.3 is 0 Å². The quantitative estimate of drug-likeness (QED) is 0.495. The number of para-hydroxylation sites is 1. The van der Waals surface area contributed by atoms with E-state index < -0.39 is 0 Å². The molecule has 0 aliphatic rings. The molecule has 3 aromatic heterocycles. The Morgan fingerprint density at radius 2 is 2.00 bits per heavy atom. The van der Waals surface area contributed by atoms with Crippen LogP contribution in [0.1, 0.15) is 0 Å². The highest BCUT2D eigenvalue weighted by Gasteiger charge is 2.16. The van der Waals surface area contributed by atoms with Crippen molar-refractivity contribution in [3.05, 3.63) is 48.1 Å². The summed E-state index contributed by atoms with van der Waals surface area (Å²) in [6.45, 7) is 0. The van der Waals surface area contributed by atoms with E-state index in [0.717, 1.165) is 22.2 Å². The Labute approximate surface area is 119 Å². The molecule has 0 atom stereocenters. The van der Waals surface area contributed by atoms with Gasteiger partial charge in [-0.25, -0.2) is 9.97 Å². The zero-order valence-electron chi connectivity index (χ0n) is 10.7. The van der Waals surface area contributed by atoms with E-state index in [0.29, 0.717) is 11.1 Å². The van der Waals surface area contributed by atoms with E-state index in [-0.39, 0.29) is 5.28 Å². The van der Waals surface area contributed by atoms with Crippen molar-refractivity contribution in [1.82, 2.24) is 14.5 Å². The number of rotatable bonds is 1. The van der Waals surface area contributed by atoms with Crippen LogP contribution in [0.4, 0.5) is 0 Å². The van der Waals surface area contributed by atoms with Gasteiger partial charge in [0.1, 0.15) is 11.2 Å². The fourth-order valence-corrected chi connectivity index (χ4v) is 2.72. The molecule has 4 aromatic rings. The molecule has 4 rings (SSSR count). The highest BCUT2D eigenvalue weighted by Crippen LogP contribution is 2.34. The van der Waals surface area contributed by atoms with Crippen LogP contribution >= 0.6 is 11.6 Å². The van der Waals surface area contributed by atoms with Crippen LogP contribution in [0.25, 0.3) is 33.3 Å². The van der Waals surface area contributed by atoms with E-state index in [2.05, 4.69) is 26.7 Å². The average Bonchev–Trinajstić information content (AvgIpc) is 3.03. The first kappa shape index (κ1) is 11.5. The summed E-state index contributed by atoms with van der Waals surface area (Å²) in [5.74, 6) is 0. The highest BCUT2D eigenvalue weighted by atomic mass is 35.5. The van der Waals surface area contributed by atoms with Gasteiger partial charge in [0.2, 0.25) is 5.28 Å². The Kier molecular flexibility index (Phi) is 2.35. The van der Waals surface area contributed by atoms with E-state index >= 15 is 0 Å². The summed E-state index contributed by atoms with van der Waals surface area (Å²) in [7, 11) is 2.01. The molecule has 0 N–H and O–H groups in total. The van der Waals surface area contributed by atoms with Crippen molar-refractivity contribution in [2.45, 2.75) is 0 Å². The predicted octanol–water partition coefficient (Wildman–Crippen LogP) is 4.03. The SMILES string of the molecule is Cn1cc(-c2nc(Cl)nc3ccoc23)c2ccccc21. The monoisotopic (exact) mass is 283 g/mol. The number of aromatic nitrogens is 3. The van der Waals surface area contributed by atoms with E-state index in [1.54, 1.807) is 12.3 Å². The van der Waals surface area contributed by atoms with Gasteiger partial charge in [-0.05, 0) is 17.7 Å². The Morgan fingerprint density at radius 3 is 2.90 bits per heavy atom. The van der Waals surface area contributed by atoms with Crippen LogP contribution < -0.4 is 0 Å². The zero-order chi connectivity index (χ0) is 13.7. The first-order chi connectivity index (χ1) is 9.74. The molecular formula is C15H10ClN3O. The summed E-state index contributed by atoms with van der Waals surface area (Å²) >= 11 is 6.02. The minimum absolute atomic E-state index is 0.224. The van der Waals surface area contributed by atoms with Crippen molar-refractivity contribution in [1.29, 1.82) is 0 Å². The second-order valence-corrected chi connectivity index (χ2v) is 4.99. The maximum Gasteiger partial charge on any atom is 0.223 e. The van der Waals surface area contributed by atoms with Crippen molar-refractivity contribution in [3.63, 3.8) is 0 Å². The maximum absolute atomic E-state index is 6.02. The number of hydrogen-bond acceptors (Lipinski definition) is 3. The van der Waals surface area contributed by atoms with Crippen LogP contribution in [0.3, 0.4) is 0 Å². The molecule has 0 saturated carbocycles. The standard InChI is InChI=1S/C15H10ClN3O/c1-19-8-10(9-4-2-3-5-12(9)19)13-14-11(6-7-20-14)17-15(16)18-13/h2-8H,1H3. The number of halogens is 1. The van der Waals surface area contributed by atoms with E-state index in [4.69, 9.17) is 16.0 Å². The van der Waals surface area contributed by atoms with Crippen LogP contribution in [0, 0.1) is 0 Å². The first-order valence-electron chi connectivity index (χ1n) is 6.19.